The first kappa shape index (κ1) is 11.1. The lowest BCUT2D eigenvalue weighted by atomic mass is 10.3. The van der Waals surface area contributed by atoms with Gasteiger partial charge in [0.1, 0.15) is 5.25 Å². The van der Waals surface area contributed by atoms with Crippen molar-refractivity contribution >= 4 is 40.9 Å². The average Bonchev–Trinajstić information content (AvgIpc) is 2.58. The molecule has 2 rings (SSSR count). The molecular weight excluding hydrogens is 255 g/mol. The summed E-state index contributed by atoms with van der Waals surface area (Å²) in [7, 11) is 0. The van der Waals surface area contributed by atoms with E-state index in [1.165, 1.54) is 11.8 Å². The molecule has 0 saturated carbocycles. The van der Waals surface area contributed by atoms with Gasteiger partial charge in [-0.15, -0.1) is 11.8 Å². The Labute approximate surface area is 102 Å². The lowest BCUT2D eigenvalue weighted by Gasteiger charge is -2.08. The number of hydrogen-bond acceptors (Lipinski definition) is 3. The summed E-state index contributed by atoms with van der Waals surface area (Å²) >= 11 is 13.4. The summed E-state index contributed by atoms with van der Waals surface area (Å²) in [6.45, 7) is 0.485. The predicted molar refractivity (Wildman–Crippen MR) is 61.7 cm³/mol. The molecule has 1 heterocycles. The van der Waals surface area contributed by atoms with Gasteiger partial charge >= 0.3 is 5.97 Å². The van der Waals surface area contributed by atoms with Crippen LogP contribution in [0.15, 0.2) is 23.1 Å². The van der Waals surface area contributed by atoms with Gasteiger partial charge in [-0.3, -0.25) is 4.79 Å². The number of carbonyl (C=O) groups excluding carboxylic acids is 1. The smallest absolute Gasteiger partial charge is 0.319 e. The molecule has 0 amide bonds. The van der Waals surface area contributed by atoms with Crippen molar-refractivity contribution in [2.24, 2.45) is 0 Å². The number of cyclic esters (lactones) is 1. The van der Waals surface area contributed by atoms with E-state index >= 15 is 0 Å². The fraction of sp³-hybridized carbons (Fsp3) is 0.300. The molecule has 0 radical (unpaired) electrons. The molecule has 1 aliphatic heterocycles. The first-order valence-electron chi connectivity index (χ1n) is 4.46. The van der Waals surface area contributed by atoms with E-state index in [4.69, 9.17) is 27.9 Å². The zero-order chi connectivity index (χ0) is 10.8. The number of benzene rings is 1. The van der Waals surface area contributed by atoms with Crippen LogP contribution in [0.1, 0.15) is 6.42 Å². The number of esters is 1. The van der Waals surface area contributed by atoms with Crippen molar-refractivity contribution in [2.75, 3.05) is 6.61 Å². The van der Waals surface area contributed by atoms with Crippen LogP contribution in [0.25, 0.3) is 0 Å². The molecule has 1 aromatic carbocycles. The van der Waals surface area contributed by atoms with Crippen LogP contribution in [0, 0.1) is 0 Å². The predicted octanol–water partition coefficient (Wildman–Crippen LogP) is 3.40. The van der Waals surface area contributed by atoms with E-state index < -0.39 is 0 Å². The number of rotatable bonds is 2. The van der Waals surface area contributed by atoms with E-state index in [0.717, 1.165) is 4.90 Å². The lowest BCUT2D eigenvalue weighted by Crippen LogP contribution is -2.09. The second kappa shape index (κ2) is 4.64. The second-order valence-corrected chi connectivity index (χ2v) is 5.14. The molecular formula is C10H8Cl2O2S. The SMILES string of the molecule is O=C1OCC[C@H]1Sc1c(Cl)cccc1Cl. The van der Waals surface area contributed by atoms with Crippen molar-refractivity contribution in [1.82, 2.24) is 0 Å². The molecule has 0 aliphatic carbocycles. The van der Waals surface area contributed by atoms with Gasteiger partial charge in [-0.25, -0.2) is 0 Å². The summed E-state index contributed by atoms with van der Waals surface area (Å²) in [5.74, 6) is -0.184. The molecule has 1 atom stereocenters. The van der Waals surface area contributed by atoms with Gasteiger partial charge in [0.25, 0.3) is 0 Å². The van der Waals surface area contributed by atoms with Gasteiger partial charge in [-0.05, 0) is 12.1 Å². The number of ether oxygens (including phenoxy) is 1. The van der Waals surface area contributed by atoms with Gasteiger partial charge in [0.05, 0.1) is 16.7 Å². The van der Waals surface area contributed by atoms with Crippen LogP contribution in [-0.2, 0) is 9.53 Å². The third kappa shape index (κ3) is 2.41. The Hall–Kier alpha value is -0.380. The van der Waals surface area contributed by atoms with Gasteiger partial charge in [-0.1, -0.05) is 29.3 Å². The van der Waals surface area contributed by atoms with E-state index in [9.17, 15) is 4.79 Å². The Bertz CT molecular complexity index is 375. The normalized spacial score (nSPS) is 20.4. The first-order valence-corrected chi connectivity index (χ1v) is 6.09. The Kier molecular flexibility index (Phi) is 3.44. The average molecular weight is 263 g/mol. The van der Waals surface area contributed by atoms with Crippen molar-refractivity contribution in [3.63, 3.8) is 0 Å². The zero-order valence-corrected chi connectivity index (χ0v) is 10.0. The fourth-order valence-electron chi connectivity index (χ4n) is 1.32. The topological polar surface area (TPSA) is 26.3 Å². The zero-order valence-electron chi connectivity index (χ0n) is 7.70. The van der Waals surface area contributed by atoms with Crippen molar-refractivity contribution < 1.29 is 9.53 Å². The van der Waals surface area contributed by atoms with E-state index in [1.54, 1.807) is 18.2 Å². The van der Waals surface area contributed by atoms with E-state index in [1.807, 2.05) is 0 Å². The van der Waals surface area contributed by atoms with Crippen LogP contribution in [-0.4, -0.2) is 17.8 Å². The van der Waals surface area contributed by atoms with E-state index in [0.29, 0.717) is 23.1 Å². The standard InChI is InChI=1S/C10H8Cl2O2S/c11-6-2-1-3-7(12)9(6)15-8-4-5-14-10(8)13/h1-3,8H,4-5H2/t8-/m1/s1. The molecule has 1 fully saturated rings. The van der Waals surface area contributed by atoms with Crippen LogP contribution in [0.4, 0.5) is 0 Å². The Morgan fingerprint density at radius 3 is 2.53 bits per heavy atom. The molecule has 2 nitrogen and oxygen atoms in total. The minimum Gasteiger partial charge on any atom is -0.465 e. The Morgan fingerprint density at radius 2 is 2.00 bits per heavy atom. The van der Waals surface area contributed by atoms with Crippen LogP contribution in [0.2, 0.25) is 10.0 Å². The summed E-state index contributed by atoms with van der Waals surface area (Å²) in [5.41, 5.74) is 0. The summed E-state index contributed by atoms with van der Waals surface area (Å²) in [4.78, 5) is 12.0. The van der Waals surface area contributed by atoms with Crippen molar-refractivity contribution in [1.29, 1.82) is 0 Å². The van der Waals surface area contributed by atoms with Gasteiger partial charge in [0.15, 0.2) is 0 Å². The maximum atomic E-state index is 11.3. The summed E-state index contributed by atoms with van der Waals surface area (Å²) in [6, 6.07) is 5.30. The number of hydrogen-bond donors (Lipinski definition) is 0. The molecule has 15 heavy (non-hydrogen) atoms. The second-order valence-electron chi connectivity index (χ2n) is 3.11. The van der Waals surface area contributed by atoms with E-state index in [2.05, 4.69) is 0 Å². The van der Waals surface area contributed by atoms with E-state index in [-0.39, 0.29) is 11.2 Å². The van der Waals surface area contributed by atoms with Crippen LogP contribution >= 0.6 is 35.0 Å². The molecule has 0 aromatic heterocycles. The maximum absolute atomic E-state index is 11.3. The Balaban J connectivity index is 2.20. The molecule has 0 spiro atoms. The van der Waals surface area contributed by atoms with Crippen molar-refractivity contribution in [3.05, 3.63) is 28.2 Å². The molecule has 1 saturated heterocycles. The lowest BCUT2D eigenvalue weighted by molar-refractivity contribution is -0.137. The highest BCUT2D eigenvalue weighted by Gasteiger charge is 2.28. The largest absolute Gasteiger partial charge is 0.465 e. The molecule has 80 valence electrons. The monoisotopic (exact) mass is 262 g/mol. The van der Waals surface area contributed by atoms with Crippen LogP contribution < -0.4 is 0 Å². The van der Waals surface area contributed by atoms with Crippen LogP contribution in [0.5, 0.6) is 0 Å². The van der Waals surface area contributed by atoms with Crippen molar-refractivity contribution in [2.45, 2.75) is 16.6 Å². The highest BCUT2D eigenvalue weighted by atomic mass is 35.5. The first-order chi connectivity index (χ1) is 7.18. The van der Waals surface area contributed by atoms with Gasteiger partial charge < -0.3 is 4.74 Å². The minimum absolute atomic E-state index is 0.178. The van der Waals surface area contributed by atoms with Gasteiger partial charge in [0.2, 0.25) is 0 Å². The molecule has 5 heteroatoms. The third-order valence-electron chi connectivity index (χ3n) is 2.07. The maximum Gasteiger partial charge on any atom is 0.319 e. The van der Waals surface area contributed by atoms with Crippen LogP contribution in [0.3, 0.4) is 0 Å². The number of halogens is 2. The fourth-order valence-corrected chi connectivity index (χ4v) is 3.01. The number of thioether (sulfide) groups is 1. The molecule has 0 bridgehead atoms. The summed E-state index contributed by atoms with van der Waals surface area (Å²) < 4.78 is 4.87. The minimum atomic E-state index is -0.184. The molecule has 0 unspecified atom stereocenters. The highest BCUT2D eigenvalue weighted by Crippen LogP contribution is 2.38. The Morgan fingerprint density at radius 1 is 1.33 bits per heavy atom. The quantitative estimate of drug-likeness (QED) is 0.765. The van der Waals surface area contributed by atoms with Crippen molar-refractivity contribution in [3.8, 4) is 0 Å². The highest BCUT2D eigenvalue weighted by molar-refractivity contribution is 8.00. The molecule has 1 aliphatic rings. The summed E-state index contributed by atoms with van der Waals surface area (Å²) in [6.07, 6.45) is 0.713. The van der Waals surface area contributed by atoms with Gasteiger partial charge in [0, 0.05) is 11.3 Å². The molecule has 0 N–H and O–H groups in total. The summed E-state index contributed by atoms with van der Waals surface area (Å²) in [5, 5.41) is 0.974. The third-order valence-corrected chi connectivity index (χ3v) is 4.31. The number of carbonyl (C=O) groups is 1. The van der Waals surface area contributed by atoms with Gasteiger partial charge in [-0.2, -0.15) is 0 Å². The molecule has 1 aromatic rings.